The fourth-order valence-electron chi connectivity index (χ4n) is 2.14. The van der Waals surface area contributed by atoms with E-state index in [-0.39, 0.29) is 24.0 Å². The molecule has 0 bridgehead atoms. The molecule has 3 N–H and O–H groups in total. The molecule has 0 atom stereocenters. The molecule has 2 aromatic carbocycles. The third-order valence-corrected chi connectivity index (χ3v) is 3.75. The van der Waals surface area contributed by atoms with Crippen molar-refractivity contribution in [2.75, 3.05) is 13.1 Å². The van der Waals surface area contributed by atoms with Crippen molar-refractivity contribution < 1.29 is 14.7 Å². The van der Waals surface area contributed by atoms with E-state index in [4.69, 9.17) is 11.6 Å². The first-order valence-corrected chi connectivity index (χ1v) is 8.01. The summed E-state index contributed by atoms with van der Waals surface area (Å²) >= 11 is 6.01. The van der Waals surface area contributed by atoms with E-state index >= 15 is 0 Å². The monoisotopic (exact) mass is 346 g/mol. The Morgan fingerprint density at radius 1 is 1.00 bits per heavy atom. The maximum absolute atomic E-state index is 11.8. The fourth-order valence-corrected chi connectivity index (χ4v) is 2.35. The van der Waals surface area contributed by atoms with Crippen LogP contribution in [0.15, 0.2) is 48.5 Å². The van der Waals surface area contributed by atoms with Gasteiger partial charge in [0.2, 0.25) is 5.91 Å². The van der Waals surface area contributed by atoms with Gasteiger partial charge in [-0.3, -0.25) is 9.59 Å². The summed E-state index contributed by atoms with van der Waals surface area (Å²) in [6.07, 6.45) is 0.841. The number of rotatable bonds is 7. The topological polar surface area (TPSA) is 78.4 Å². The summed E-state index contributed by atoms with van der Waals surface area (Å²) < 4.78 is 0. The van der Waals surface area contributed by atoms with Crippen molar-refractivity contribution in [1.82, 2.24) is 10.6 Å². The second-order valence-corrected chi connectivity index (χ2v) is 5.69. The lowest BCUT2D eigenvalue weighted by molar-refractivity contribution is -0.120. The van der Waals surface area contributed by atoms with Crippen molar-refractivity contribution in [2.24, 2.45) is 0 Å². The van der Waals surface area contributed by atoms with Gasteiger partial charge in [0.05, 0.1) is 6.42 Å². The number of hydrogen-bond donors (Lipinski definition) is 3. The fraction of sp³-hybridized carbons (Fsp3) is 0.222. The summed E-state index contributed by atoms with van der Waals surface area (Å²) in [5, 5.41) is 15.4. The number of carbonyl (C=O) groups excluding carboxylic acids is 2. The summed E-state index contributed by atoms with van der Waals surface area (Å²) in [5.74, 6) is -0.315. The lowest BCUT2D eigenvalue weighted by Crippen LogP contribution is -2.30. The molecule has 5 nitrogen and oxygen atoms in total. The number of nitrogens with one attached hydrogen (secondary N) is 2. The Labute approximate surface area is 145 Å². The lowest BCUT2D eigenvalue weighted by Gasteiger charge is -2.08. The Hall–Kier alpha value is -2.53. The van der Waals surface area contributed by atoms with Gasteiger partial charge in [-0.05, 0) is 36.2 Å². The van der Waals surface area contributed by atoms with E-state index in [1.807, 2.05) is 18.2 Å². The standard InChI is InChI=1S/C18H19ClN2O3/c19-16-8-2-1-5-13(16)12-17(23)20-9-4-10-21-18(24)14-6-3-7-15(22)11-14/h1-3,5-8,11,22H,4,9-10,12H2,(H,20,23)(H,21,24). The third kappa shape index (κ3) is 5.59. The van der Waals surface area contributed by atoms with Gasteiger partial charge in [0, 0.05) is 23.7 Å². The van der Waals surface area contributed by atoms with Crippen LogP contribution in [0.5, 0.6) is 5.75 Å². The molecule has 0 radical (unpaired) electrons. The third-order valence-electron chi connectivity index (χ3n) is 3.38. The highest BCUT2D eigenvalue weighted by Gasteiger charge is 2.07. The van der Waals surface area contributed by atoms with Gasteiger partial charge in [-0.25, -0.2) is 0 Å². The molecule has 0 heterocycles. The van der Waals surface area contributed by atoms with Crippen LogP contribution in [0.4, 0.5) is 0 Å². The van der Waals surface area contributed by atoms with Crippen LogP contribution in [0, 0.1) is 0 Å². The molecule has 2 amide bonds. The Kier molecular flexibility index (Phi) is 6.63. The van der Waals surface area contributed by atoms with Crippen LogP contribution in [-0.2, 0) is 11.2 Å². The van der Waals surface area contributed by atoms with Gasteiger partial charge in [0.25, 0.3) is 5.91 Å². The summed E-state index contributed by atoms with van der Waals surface area (Å²) in [4.78, 5) is 23.7. The van der Waals surface area contributed by atoms with Gasteiger partial charge < -0.3 is 15.7 Å². The van der Waals surface area contributed by atoms with Crippen LogP contribution < -0.4 is 10.6 Å². The average molecular weight is 347 g/mol. The van der Waals surface area contributed by atoms with E-state index in [2.05, 4.69) is 10.6 Å². The first-order chi connectivity index (χ1) is 11.6. The van der Waals surface area contributed by atoms with Gasteiger partial charge in [-0.15, -0.1) is 0 Å². The molecule has 2 aromatic rings. The molecule has 0 saturated carbocycles. The molecule has 0 aliphatic heterocycles. The normalized spacial score (nSPS) is 10.2. The zero-order chi connectivity index (χ0) is 17.4. The maximum atomic E-state index is 11.8. The molecule has 0 aliphatic rings. The molecule has 0 fully saturated rings. The van der Waals surface area contributed by atoms with Crippen LogP contribution >= 0.6 is 11.6 Å². The van der Waals surface area contributed by atoms with Gasteiger partial charge >= 0.3 is 0 Å². The number of amides is 2. The zero-order valence-corrected chi connectivity index (χ0v) is 13.8. The molecule has 126 valence electrons. The molecule has 6 heteroatoms. The number of carbonyl (C=O) groups is 2. The minimum Gasteiger partial charge on any atom is -0.508 e. The van der Waals surface area contributed by atoms with Gasteiger partial charge in [0.15, 0.2) is 0 Å². The first kappa shape index (κ1) is 17.8. The first-order valence-electron chi connectivity index (χ1n) is 7.63. The van der Waals surface area contributed by atoms with Crippen molar-refractivity contribution in [2.45, 2.75) is 12.8 Å². The van der Waals surface area contributed by atoms with Crippen LogP contribution in [0.3, 0.4) is 0 Å². The van der Waals surface area contributed by atoms with E-state index in [9.17, 15) is 14.7 Å². The van der Waals surface area contributed by atoms with Crippen LogP contribution in [0.25, 0.3) is 0 Å². The van der Waals surface area contributed by atoms with Gasteiger partial charge in [-0.1, -0.05) is 35.9 Å². The van der Waals surface area contributed by atoms with Crippen molar-refractivity contribution in [3.8, 4) is 5.75 Å². The van der Waals surface area contributed by atoms with E-state index in [1.165, 1.54) is 12.1 Å². The summed E-state index contributed by atoms with van der Waals surface area (Å²) in [5.41, 5.74) is 1.19. The molecule has 0 saturated heterocycles. The van der Waals surface area contributed by atoms with Crippen molar-refractivity contribution in [3.05, 3.63) is 64.7 Å². The van der Waals surface area contributed by atoms with E-state index in [0.717, 1.165) is 5.56 Å². The second-order valence-electron chi connectivity index (χ2n) is 5.28. The van der Waals surface area contributed by atoms with Crippen molar-refractivity contribution in [3.63, 3.8) is 0 Å². The van der Waals surface area contributed by atoms with E-state index < -0.39 is 0 Å². The molecule has 24 heavy (non-hydrogen) atoms. The van der Waals surface area contributed by atoms with Crippen LogP contribution in [0.2, 0.25) is 5.02 Å². The van der Waals surface area contributed by atoms with Gasteiger partial charge in [-0.2, -0.15) is 0 Å². The average Bonchev–Trinajstić information content (AvgIpc) is 2.56. The Morgan fingerprint density at radius 3 is 2.50 bits per heavy atom. The van der Waals surface area contributed by atoms with Crippen molar-refractivity contribution in [1.29, 1.82) is 0 Å². The van der Waals surface area contributed by atoms with E-state index in [1.54, 1.807) is 18.2 Å². The van der Waals surface area contributed by atoms with Gasteiger partial charge in [0.1, 0.15) is 5.75 Å². The SMILES string of the molecule is O=C(Cc1ccccc1Cl)NCCCNC(=O)c1cccc(O)c1. The smallest absolute Gasteiger partial charge is 0.251 e. The number of halogens is 1. The summed E-state index contributed by atoms with van der Waals surface area (Å²) in [6.45, 7) is 0.893. The molecular formula is C18H19ClN2O3. The lowest BCUT2D eigenvalue weighted by atomic mass is 10.1. The highest BCUT2D eigenvalue weighted by atomic mass is 35.5. The van der Waals surface area contributed by atoms with Crippen molar-refractivity contribution >= 4 is 23.4 Å². The summed E-state index contributed by atoms with van der Waals surface area (Å²) in [6, 6.07) is 13.4. The molecule has 0 aromatic heterocycles. The number of aromatic hydroxyl groups is 1. The Balaban J connectivity index is 1.65. The highest BCUT2D eigenvalue weighted by Crippen LogP contribution is 2.15. The molecule has 0 spiro atoms. The Morgan fingerprint density at radius 2 is 1.75 bits per heavy atom. The van der Waals surface area contributed by atoms with E-state index in [0.29, 0.717) is 30.1 Å². The maximum Gasteiger partial charge on any atom is 0.251 e. The molecule has 0 aliphatic carbocycles. The minimum atomic E-state index is -0.256. The number of phenols is 1. The molecular weight excluding hydrogens is 328 g/mol. The Bertz CT molecular complexity index is 719. The largest absolute Gasteiger partial charge is 0.508 e. The number of hydrogen-bond acceptors (Lipinski definition) is 3. The predicted molar refractivity (Wildman–Crippen MR) is 93.2 cm³/mol. The number of benzene rings is 2. The quantitative estimate of drug-likeness (QED) is 0.674. The summed E-state index contributed by atoms with van der Waals surface area (Å²) in [7, 11) is 0. The van der Waals surface area contributed by atoms with Crippen LogP contribution in [-0.4, -0.2) is 30.0 Å². The molecule has 0 unspecified atom stereocenters. The van der Waals surface area contributed by atoms with Crippen LogP contribution in [0.1, 0.15) is 22.3 Å². The predicted octanol–water partition coefficient (Wildman–Crippen LogP) is 2.52. The highest BCUT2D eigenvalue weighted by molar-refractivity contribution is 6.31. The second kappa shape index (κ2) is 8.93. The zero-order valence-electron chi connectivity index (χ0n) is 13.1. The minimum absolute atomic E-state index is 0.0505. The molecule has 2 rings (SSSR count). The number of phenolic OH excluding ortho intramolecular Hbond substituents is 1.